The predicted molar refractivity (Wildman–Crippen MR) is 79.2 cm³/mol. The molecule has 0 amide bonds. The van der Waals surface area contributed by atoms with E-state index < -0.39 is 0 Å². The van der Waals surface area contributed by atoms with Gasteiger partial charge in [-0.3, -0.25) is 0 Å². The molecule has 0 spiro atoms. The van der Waals surface area contributed by atoms with E-state index >= 15 is 0 Å². The van der Waals surface area contributed by atoms with Crippen molar-refractivity contribution < 1.29 is 5.11 Å². The lowest BCUT2D eigenvalue weighted by Crippen LogP contribution is -1.84. The first-order chi connectivity index (χ1) is 8.41. The van der Waals surface area contributed by atoms with E-state index in [9.17, 15) is 5.11 Å². The Hall–Kier alpha value is 0.0500. The maximum Gasteiger partial charge on any atom is 0.0822 e. The average molecular weight is 257 g/mol. The SMILES string of the molecule is [O]CCCCCCCCCCCCCCC=S. The zero-order valence-electron chi connectivity index (χ0n) is 11.3. The number of hydrogen-bond donors (Lipinski definition) is 0. The minimum atomic E-state index is 0.114. The third-order valence-corrected chi connectivity index (χ3v) is 3.45. The summed E-state index contributed by atoms with van der Waals surface area (Å²) in [5.41, 5.74) is 0. The topological polar surface area (TPSA) is 19.9 Å². The smallest absolute Gasteiger partial charge is 0.0822 e. The number of hydrogen-bond acceptors (Lipinski definition) is 1. The van der Waals surface area contributed by atoms with Crippen LogP contribution in [-0.2, 0) is 5.11 Å². The average Bonchev–Trinajstić information content (AvgIpc) is 2.35. The third kappa shape index (κ3) is 16.1. The van der Waals surface area contributed by atoms with Gasteiger partial charge < -0.3 is 0 Å². The van der Waals surface area contributed by atoms with Crippen molar-refractivity contribution >= 4 is 17.6 Å². The summed E-state index contributed by atoms with van der Waals surface area (Å²) < 4.78 is 0. The molecular formula is C15H29OS. The summed E-state index contributed by atoms with van der Waals surface area (Å²) in [5.74, 6) is 0. The maximum absolute atomic E-state index is 10.2. The van der Waals surface area contributed by atoms with Crippen LogP contribution in [0.4, 0.5) is 0 Å². The fourth-order valence-corrected chi connectivity index (χ4v) is 2.26. The molecule has 1 nitrogen and oxygen atoms in total. The Morgan fingerprint density at radius 2 is 0.941 bits per heavy atom. The van der Waals surface area contributed by atoms with Gasteiger partial charge in [0.15, 0.2) is 0 Å². The molecule has 2 heteroatoms. The molecule has 1 radical (unpaired) electrons. The Morgan fingerprint density at radius 1 is 0.588 bits per heavy atom. The van der Waals surface area contributed by atoms with Crippen molar-refractivity contribution in [1.82, 2.24) is 0 Å². The van der Waals surface area contributed by atoms with E-state index in [-0.39, 0.29) is 6.61 Å². The van der Waals surface area contributed by atoms with Gasteiger partial charge in [-0.15, -0.1) is 0 Å². The van der Waals surface area contributed by atoms with E-state index in [4.69, 9.17) is 12.2 Å². The van der Waals surface area contributed by atoms with Crippen LogP contribution in [0.25, 0.3) is 0 Å². The van der Waals surface area contributed by atoms with E-state index in [2.05, 4.69) is 0 Å². The van der Waals surface area contributed by atoms with Crippen molar-refractivity contribution in [1.29, 1.82) is 0 Å². The summed E-state index contributed by atoms with van der Waals surface area (Å²) in [7, 11) is 0. The van der Waals surface area contributed by atoms with Crippen LogP contribution in [0.3, 0.4) is 0 Å². The highest BCUT2D eigenvalue weighted by molar-refractivity contribution is 7.78. The predicted octanol–water partition coefficient (Wildman–Crippen LogP) is 5.49. The lowest BCUT2D eigenvalue weighted by Gasteiger charge is -2.02. The fourth-order valence-electron chi connectivity index (χ4n) is 2.10. The van der Waals surface area contributed by atoms with Gasteiger partial charge in [0, 0.05) is 0 Å². The zero-order chi connectivity index (χ0) is 12.6. The molecule has 0 saturated carbocycles. The summed E-state index contributed by atoms with van der Waals surface area (Å²) >= 11 is 4.80. The van der Waals surface area contributed by atoms with Crippen LogP contribution in [0.5, 0.6) is 0 Å². The first-order valence-corrected chi connectivity index (χ1v) is 7.90. The monoisotopic (exact) mass is 257 g/mol. The minimum absolute atomic E-state index is 0.114. The lowest BCUT2D eigenvalue weighted by molar-refractivity contribution is 0.186. The number of rotatable bonds is 14. The second-order valence-corrected chi connectivity index (χ2v) is 5.24. The Kier molecular flexibility index (Phi) is 16.1. The molecule has 0 aliphatic carbocycles. The van der Waals surface area contributed by atoms with Gasteiger partial charge in [-0.05, 0) is 24.6 Å². The normalized spacial score (nSPS) is 10.6. The van der Waals surface area contributed by atoms with E-state index in [1.165, 1.54) is 64.2 Å². The van der Waals surface area contributed by atoms with Gasteiger partial charge in [0.1, 0.15) is 0 Å². The number of thiocarbonyl (C=S) groups is 1. The van der Waals surface area contributed by atoms with Gasteiger partial charge >= 0.3 is 0 Å². The van der Waals surface area contributed by atoms with Crippen molar-refractivity contribution in [2.75, 3.05) is 6.61 Å². The molecule has 0 aromatic heterocycles. The van der Waals surface area contributed by atoms with Crippen molar-refractivity contribution in [2.24, 2.45) is 0 Å². The largest absolute Gasteiger partial charge is 0.237 e. The highest BCUT2D eigenvalue weighted by atomic mass is 32.1. The molecule has 0 aromatic rings. The van der Waals surface area contributed by atoms with E-state index in [0.717, 1.165) is 19.3 Å². The number of unbranched alkanes of at least 4 members (excludes halogenated alkanes) is 12. The van der Waals surface area contributed by atoms with Gasteiger partial charge in [0.05, 0.1) is 6.61 Å². The molecular weight excluding hydrogens is 228 g/mol. The molecule has 0 atom stereocenters. The highest BCUT2D eigenvalue weighted by Crippen LogP contribution is 2.12. The standard InChI is InChI=1S/C15H29OS/c16-14-12-10-8-6-4-2-1-3-5-7-9-11-13-15-17/h15H,1-14H2. The van der Waals surface area contributed by atoms with E-state index in [1.54, 1.807) is 0 Å². The summed E-state index contributed by atoms with van der Waals surface area (Å²) in [5, 5.41) is 12.1. The molecule has 0 unspecified atom stereocenters. The van der Waals surface area contributed by atoms with Crippen molar-refractivity contribution in [2.45, 2.75) is 83.5 Å². The van der Waals surface area contributed by atoms with Gasteiger partial charge in [-0.2, -0.15) is 0 Å². The second-order valence-electron chi connectivity index (χ2n) is 4.90. The van der Waals surface area contributed by atoms with Crippen LogP contribution in [-0.4, -0.2) is 12.0 Å². The van der Waals surface area contributed by atoms with Crippen molar-refractivity contribution in [3.8, 4) is 0 Å². The summed E-state index contributed by atoms with van der Waals surface area (Å²) in [6.07, 6.45) is 16.7. The molecule has 0 aliphatic heterocycles. The maximum atomic E-state index is 10.2. The minimum Gasteiger partial charge on any atom is -0.237 e. The van der Waals surface area contributed by atoms with Crippen LogP contribution < -0.4 is 0 Å². The summed E-state index contributed by atoms with van der Waals surface area (Å²) in [6, 6.07) is 0. The molecule has 0 heterocycles. The third-order valence-electron chi connectivity index (χ3n) is 3.22. The zero-order valence-corrected chi connectivity index (χ0v) is 12.1. The molecule has 0 N–H and O–H groups in total. The summed E-state index contributed by atoms with van der Waals surface area (Å²) in [4.78, 5) is 0. The molecule has 0 aliphatic rings. The van der Waals surface area contributed by atoms with Crippen molar-refractivity contribution in [3.05, 3.63) is 0 Å². The Morgan fingerprint density at radius 3 is 1.29 bits per heavy atom. The summed E-state index contributed by atoms with van der Waals surface area (Å²) in [6.45, 7) is 0.114. The van der Waals surface area contributed by atoms with Gasteiger partial charge in [0.2, 0.25) is 0 Å². The fraction of sp³-hybridized carbons (Fsp3) is 0.933. The molecule has 17 heavy (non-hydrogen) atoms. The highest BCUT2D eigenvalue weighted by Gasteiger charge is 1.93. The molecule has 0 rings (SSSR count). The van der Waals surface area contributed by atoms with Gasteiger partial charge in [-0.25, -0.2) is 5.11 Å². The van der Waals surface area contributed by atoms with Gasteiger partial charge in [0.25, 0.3) is 0 Å². The van der Waals surface area contributed by atoms with Gasteiger partial charge in [-0.1, -0.05) is 76.4 Å². The van der Waals surface area contributed by atoms with Crippen LogP contribution in [0.1, 0.15) is 83.5 Å². The molecule has 101 valence electrons. The molecule has 0 fully saturated rings. The van der Waals surface area contributed by atoms with Crippen LogP contribution >= 0.6 is 12.2 Å². The van der Waals surface area contributed by atoms with Crippen LogP contribution in [0.2, 0.25) is 0 Å². The Balaban J connectivity index is 2.87. The van der Waals surface area contributed by atoms with Crippen LogP contribution in [0.15, 0.2) is 0 Å². The molecule has 0 saturated heterocycles. The first-order valence-electron chi connectivity index (χ1n) is 7.43. The quantitative estimate of drug-likeness (QED) is 0.298. The van der Waals surface area contributed by atoms with E-state index in [1.807, 2.05) is 5.37 Å². The Bertz CT molecular complexity index is 148. The van der Waals surface area contributed by atoms with E-state index in [0.29, 0.717) is 0 Å². The first kappa shape index (κ1) is 17.1. The molecule has 0 bridgehead atoms. The van der Waals surface area contributed by atoms with Crippen LogP contribution in [0, 0.1) is 0 Å². The second kappa shape index (κ2) is 16.1. The lowest BCUT2D eigenvalue weighted by atomic mass is 10.0. The Labute approximate surface area is 113 Å². The molecule has 0 aromatic carbocycles. The van der Waals surface area contributed by atoms with Crippen molar-refractivity contribution in [3.63, 3.8) is 0 Å².